The molecule has 48 heavy (non-hydrogen) atoms. The molecule has 3 aliphatic rings. The lowest BCUT2D eigenvalue weighted by Gasteiger charge is -2.50. The molecule has 15 atom stereocenters. The van der Waals surface area contributed by atoms with Gasteiger partial charge in [0.25, 0.3) is 5.79 Å². The van der Waals surface area contributed by atoms with E-state index in [1.165, 1.54) is 25.7 Å². The predicted molar refractivity (Wildman–Crippen MR) is 164 cm³/mol. The van der Waals surface area contributed by atoms with Crippen molar-refractivity contribution in [3.63, 3.8) is 0 Å². The molecular weight excluding hydrogens is 642 g/mol. The molecule has 18 nitrogen and oxygen atoms in total. The summed E-state index contributed by atoms with van der Waals surface area (Å²) in [5, 5.41) is 83.1. The van der Waals surface area contributed by atoms with E-state index < -0.39 is 117 Å². The number of carbonyl (C=O) groups is 1. The van der Waals surface area contributed by atoms with Crippen molar-refractivity contribution in [3.05, 3.63) is 0 Å². The molecule has 3 fully saturated rings. The molecule has 3 heterocycles. The molecule has 0 spiro atoms. The molecule has 282 valence electrons. The van der Waals surface area contributed by atoms with Crippen molar-refractivity contribution in [2.45, 2.75) is 163 Å². The average molecular weight is 700 g/mol. The number of aliphatic hydroxyl groups excluding tert-OH is 8. The van der Waals surface area contributed by atoms with Crippen molar-refractivity contribution in [2.24, 2.45) is 17.2 Å². The number of hydrogen-bond acceptors (Lipinski definition) is 18. The van der Waals surface area contributed by atoms with Crippen LogP contribution in [0.3, 0.4) is 0 Å². The summed E-state index contributed by atoms with van der Waals surface area (Å²) in [5.41, 5.74) is 18.0. The first-order valence-electron chi connectivity index (χ1n) is 16.9. The lowest BCUT2D eigenvalue weighted by molar-refractivity contribution is -0.399. The highest BCUT2D eigenvalue weighted by atomic mass is 16.8. The number of carbonyl (C=O) groups excluding carboxylic acids is 1. The maximum atomic E-state index is 12.7. The lowest BCUT2D eigenvalue weighted by Crippen LogP contribution is -2.72. The second-order valence-electron chi connectivity index (χ2n) is 12.8. The topological polar surface area (TPSA) is 312 Å². The van der Waals surface area contributed by atoms with Gasteiger partial charge in [-0.2, -0.15) is 0 Å². The fraction of sp³-hybridized carbons (Fsp3) is 0.967. The van der Waals surface area contributed by atoms with Gasteiger partial charge in [0.15, 0.2) is 18.9 Å². The zero-order valence-corrected chi connectivity index (χ0v) is 27.4. The van der Waals surface area contributed by atoms with Crippen LogP contribution in [0.2, 0.25) is 0 Å². The van der Waals surface area contributed by atoms with Crippen LogP contribution in [0.1, 0.15) is 71.1 Å². The Morgan fingerprint density at radius 2 is 1.19 bits per heavy atom. The minimum atomic E-state index is -2.47. The van der Waals surface area contributed by atoms with E-state index in [9.17, 15) is 45.6 Å². The summed E-state index contributed by atoms with van der Waals surface area (Å²) in [6.07, 6.45) is -8.31. The van der Waals surface area contributed by atoms with Crippen LogP contribution >= 0.6 is 0 Å². The average Bonchev–Trinajstić information content (AvgIpc) is 3.08. The molecule has 14 N–H and O–H groups in total. The third-order valence-electron chi connectivity index (χ3n) is 9.19. The van der Waals surface area contributed by atoms with Crippen molar-refractivity contribution in [3.8, 4) is 0 Å². The third-order valence-corrected chi connectivity index (χ3v) is 9.19. The molecule has 0 aromatic rings. The first-order chi connectivity index (χ1) is 22.8. The van der Waals surface area contributed by atoms with Crippen molar-refractivity contribution >= 4 is 5.97 Å². The van der Waals surface area contributed by atoms with Crippen LogP contribution in [0, 0.1) is 0 Å². The smallest absolute Gasteiger partial charge is 0.308 e. The summed E-state index contributed by atoms with van der Waals surface area (Å²) in [5.74, 6) is -3.27. The first kappa shape index (κ1) is 41.3. The van der Waals surface area contributed by atoms with Gasteiger partial charge < -0.3 is 86.5 Å². The van der Waals surface area contributed by atoms with Gasteiger partial charge in [-0.15, -0.1) is 0 Å². The van der Waals surface area contributed by atoms with Crippen molar-refractivity contribution in [1.82, 2.24) is 0 Å². The normalized spacial score (nSPS) is 42.1. The lowest BCUT2D eigenvalue weighted by atomic mass is 9.93. The maximum Gasteiger partial charge on any atom is 0.308 e. The maximum absolute atomic E-state index is 12.7. The van der Waals surface area contributed by atoms with Crippen LogP contribution in [0.15, 0.2) is 0 Å². The molecular formula is C30H57N3O15. The van der Waals surface area contributed by atoms with Crippen LogP contribution in [0.25, 0.3) is 0 Å². The Labute approximate surface area is 280 Å². The third kappa shape index (κ3) is 9.99. The molecule has 0 saturated carbocycles. The van der Waals surface area contributed by atoms with Crippen LogP contribution in [0.4, 0.5) is 0 Å². The molecule has 0 radical (unpaired) electrons. The molecule has 3 rings (SSSR count). The van der Waals surface area contributed by atoms with Crippen LogP contribution in [0.5, 0.6) is 0 Å². The van der Waals surface area contributed by atoms with Crippen molar-refractivity contribution < 1.29 is 74.1 Å². The standard InChI is InChI=1S/C30H57N3O15/c1-2-3-4-5-6-7-8-9-10-11-17(37)47-30(14-36)26(41)23(40)20(33)29(48-30)46-25-16(13-35)44-28(19(32)22(25)39)45-24-15(12-34)43-27(42)18(31)21(24)38/h15-16,18-29,34-36,38-42H,2-14,31-33H2,1H3/t15-,16-,18-,19-,20-,21-,22-,23-,24?,25?,26+,27-,28+,29+,30+/m1/s1. The van der Waals surface area contributed by atoms with Crippen LogP contribution in [-0.4, -0.2) is 158 Å². The number of hydrogen-bond donors (Lipinski definition) is 11. The van der Waals surface area contributed by atoms with Gasteiger partial charge >= 0.3 is 5.97 Å². The molecule has 3 saturated heterocycles. The van der Waals surface area contributed by atoms with E-state index in [0.717, 1.165) is 25.7 Å². The fourth-order valence-electron chi connectivity index (χ4n) is 6.12. The highest BCUT2D eigenvalue weighted by Gasteiger charge is 2.58. The van der Waals surface area contributed by atoms with Gasteiger partial charge in [0.1, 0.15) is 55.4 Å². The SMILES string of the molecule is CCCCCCCCCCCC(=O)O[C@@]1(CO)O[C@H](OC2[C@@H](CO)O[C@@H](OC3[C@@H](CO)O[C@@H](O)[C@H](N)[C@H]3O)[C@H](N)[C@H]2O)[C@H](N)[C@@H](O)[C@@H]1O. The second-order valence-corrected chi connectivity index (χ2v) is 12.8. The molecule has 0 bridgehead atoms. The Bertz CT molecular complexity index is 953. The van der Waals surface area contributed by atoms with E-state index in [2.05, 4.69) is 6.92 Å². The van der Waals surface area contributed by atoms with E-state index in [-0.39, 0.29) is 6.42 Å². The monoisotopic (exact) mass is 699 g/mol. The highest BCUT2D eigenvalue weighted by molar-refractivity contribution is 5.69. The van der Waals surface area contributed by atoms with Crippen LogP contribution in [-0.2, 0) is 33.2 Å². The molecule has 3 aliphatic heterocycles. The summed E-state index contributed by atoms with van der Waals surface area (Å²) >= 11 is 0. The number of rotatable bonds is 18. The Balaban J connectivity index is 1.63. The summed E-state index contributed by atoms with van der Waals surface area (Å²) in [7, 11) is 0. The van der Waals surface area contributed by atoms with Gasteiger partial charge in [-0.1, -0.05) is 58.3 Å². The Hall–Kier alpha value is -1.17. The van der Waals surface area contributed by atoms with Crippen LogP contribution < -0.4 is 17.2 Å². The molecule has 0 aliphatic carbocycles. The van der Waals surface area contributed by atoms with Gasteiger partial charge in [-0.25, -0.2) is 0 Å². The van der Waals surface area contributed by atoms with Gasteiger partial charge in [0.2, 0.25) is 0 Å². The largest absolute Gasteiger partial charge is 0.427 e. The number of nitrogens with two attached hydrogens (primary N) is 3. The quantitative estimate of drug-likeness (QED) is 0.0481. The predicted octanol–water partition coefficient (Wildman–Crippen LogP) is -3.88. The van der Waals surface area contributed by atoms with Gasteiger partial charge in [0.05, 0.1) is 31.3 Å². The summed E-state index contributed by atoms with van der Waals surface area (Å²) in [6.45, 7) is -0.399. The van der Waals surface area contributed by atoms with Gasteiger partial charge in [0, 0.05) is 6.42 Å². The summed E-state index contributed by atoms with van der Waals surface area (Å²) < 4.78 is 33.5. The number of unbranched alkanes of at least 4 members (excludes halogenated alkanes) is 8. The van der Waals surface area contributed by atoms with E-state index in [4.69, 9.17) is 45.6 Å². The number of ether oxygens (including phenoxy) is 6. The minimum Gasteiger partial charge on any atom is -0.427 e. The van der Waals surface area contributed by atoms with E-state index in [1.54, 1.807) is 0 Å². The zero-order chi connectivity index (χ0) is 35.6. The number of aliphatic hydroxyl groups is 8. The molecule has 0 amide bonds. The van der Waals surface area contributed by atoms with Gasteiger partial charge in [-0.05, 0) is 6.42 Å². The van der Waals surface area contributed by atoms with Gasteiger partial charge in [-0.3, -0.25) is 4.79 Å². The molecule has 18 heteroatoms. The summed E-state index contributed by atoms with van der Waals surface area (Å²) in [6, 6.07) is -4.25. The Kier molecular flexibility index (Phi) is 16.7. The van der Waals surface area contributed by atoms with E-state index in [0.29, 0.717) is 6.42 Å². The second kappa shape index (κ2) is 19.4. The summed E-state index contributed by atoms with van der Waals surface area (Å²) in [4.78, 5) is 12.7. The minimum absolute atomic E-state index is 0.0406. The number of esters is 1. The molecule has 0 aromatic heterocycles. The highest BCUT2D eigenvalue weighted by Crippen LogP contribution is 2.35. The molecule has 0 aromatic carbocycles. The fourth-order valence-corrected chi connectivity index (χ4v) is 6.12. The zero-order valence-electron chi connectivity index (χ0n) is 27.4. The Morgan fingerprint density at radius 1 is 0.688 bits per heavy atom. The Morgan fingerprint density at radius 3 is 1.75 bits per heavy atom. The first-order valence-corrected chi connectivity index (χ1v) is 16.9. The van der Waals surface area contributed by atoms with Crippen molar-refractivity contribution in [1.29, 1.82) is 0 Å². The van der Waals surface area contributed by atoms with E-state index in [1.807, 2.05) is 0 Å². The molecule has 2 unspecified atom stereocenters. The van der Waals surface area contributed by atoms with Crippen molar-refractivity contribution in [2.75, 3.05) is 19.8 Å². The van der Waals surface area contributed by atoms with E-state index >= 15 is 0 Å².